The molecule has 1 aliphatic rings. The maximum absolute atomic E-state index is 13.3. The number of esters is 1. The molecule has 0 bridgehead atoms. The Bertz CT molecular complexity index is 1750. The molecular formula is C32H32N6O6. The Kier molecular flexibility index (Phi) is 8.48. The molecule has 0 unspecified atom stereocenters. The first kappa shape index (κ1) is 28.8. The van der Waals surface area contributed by atoms with Crippen LogP contribution in [0.2, 0.25) is 0 Å². The zero-order valence-corrected chi connectivity index (χ0v) is 24.4. The van der Waals surface area contributed by atoms with E-state index in [1.807, 2.05) is 53.1 Å². The van der Waals surface area contributed by atoms with E-state index in [9.17, 15) is 9.59 Å². The van der Waals surface area contributed by atoms with Gasteiger partial charge in [0.1, 0.15) is 6.10 Å². The zero-order valence-electron chi connectivity index (χ0n) is 24.4. The predicted octanol–water partition coefficient (Wildman–Crippen LogP) is 5.93. The van der Waals surface area contributed by atoms with Crippen molar-refractivity contribution in [2.75, 3.05) is 7.11 Å². The minimum atomic E-state index is -1.14. The highest BCUT2D eigenvalue weighted by atomic mass is 16.8. The first-order valence-electron chi connectivity index (χ1n) is 14.5. The number of imidazole rings is 1. The Balaban J connectivity index is 1.21. The predicted molar refractivity (Wildman–Crippen MR) is 160 cm³/mol. The van der Waals surface area contributed by atoms with Crippen LogP contribution in [0.25, 0.3) is 33.5 Å². The number of tetrazole rings is 1. The third-order valence-corrected chi connectivity index (χ3v) is 7.60. The van der Waals surface area contributed by atoms with Crippen molar-refractivity contribution in [3.8, 4) is 28.5 Å². The van der Waals surface area contributed by atoms with E-state index in [0.29, 0.717) is 29.4 Å². The molecule has 0 spiro atoms. The van der Waals surface area contributed by atoms with Crippen LogP contribution < -0.4 is 4.74 Å². The summed E-state index contributed by atoms with van der Waals surface area (Å²) in [4.78, 5) is 30.2. The van der Waals surface area contributed by atoms with Crippen LogP contribution in [-0.4, -0.2) is 61.8 Å². The van der Waals surface area contributed by atoms with Crippen molar-refractivity contribution in [2.45, 2.75) is 58.0 Å². The van der Waals surface area contributed by atoms with Crippen molar-refractivity contribution >= 4 is 23.2 Å². The van der Waals surface area contributed by atoms with Gasteiger partial charge in [0.25, 0.3) is 6.01 Å². The van der Waals surface area contributed by atoms with Crippen LogP contribution in [0.1, 0.15) is 54.9 Å². The Hall–Kier alpha value is -5.26. The van der Waals surface area contributed by atoms with E-state index < -0.39 is 18.4 Å². The van der Waals surface area contributed by atoms with Gasteiger partial charge in [-0.1, -0.05) is 61.0 Å². The summed E-state index contributed by atoms with van der Waals surface area (Å²) in [6.45, 7) is 1.85. The van der Waals surface area contributed by atoms with Crippen molar-refractivity contribution in [1.82, 2.24) is 30.2 Å². The Morgan fingerprint density at radius 2 is 1.73 bits per heavy atom. The van der Waals surface area contributed by atoms with Gasteiger partial charge >= 0.3 is 12.1 Å². The lowest BCUT2D eigenvalue weighted by Crippen LogP contribution is -2.26. The molecular weight excluding hydrogens is 564 g/mol. The molecule has 1 N–H and O–H groups in total. The number of carbonyl (C=O) groups excluding carboxylic acids is 2. The lowest BCUT2D eigenvalue weighted by atomic mass is 9.98. The maximum atomic E-state index is 13.3. The van der Waals surface area contributed by atoms with E-state index in [0.717, 1.165) is 54.4 Å². The van der Waals surface area contributed by atoms with Gasteiger partial charge in [0.2, 0.25) is 12.1 Å². The number of H-pyrrole nitrogens is 1. The summed E-state index contributed by atoms with van der Waals surface area (Å²) in [7, 11) is 1.53. The minimum absolute atomic E-state index is 0.163. The summed E-state index contributed by atoms with van der Waals surface area (Å²) in [5.74, 6) is -0.148. The van der Waals surface area contributed by atoms with Crippen LogP contribution in [0, 0.1) is 0 Å². The number of rotatable bonds is 9. The molecule has 3 aromatic carbocycles. The number of nitrogens with zero attached hydrogens (tertiary/aromatic N) is 5. The van der Waals surface area contributed by atoms with Crippen LogP contribution in [-0.2, 0) is 20.8 Å². The van der Waals surface area contributed by atoms with Crippen LogP contribution in [0.3, 0.4) is 0 Å². The van der Waals surface area contributed by atoms with E-state index in [-0.39, 0.29) is 11.7 Å². The molecule has 12 nitrogen and oxygen atoms in total. The van der Waals surface area contributed by atoms with Crippen molar-refractivity contribution in [1.29, 1.82) is 0 Å². The topological polar surface area (TPSA) is 143 Å². The van der Waals surface area contributed by atoms with Gasteiger partial charge in [-0.3, -0.25) is 4.57 Å². The average molecular weight is 597 g/mol. The van der Waals surface area contributed by atoms with Gasteiger partial charge in [-0.2, -0.15) is 10.2 Å². The summed E-state index contributed by atoms with van der Waals surface area (Å²) in [6.07, 6.45) is 2.65. The number of ether oxygens (including phenoxy) is 4. The molecule has 2 heterocycles. The molecule has 1 atom stereocenters. The van der Waals surface area contributed by atoms with Crippen LogP contribution in [0.15, 0.2) is 66.7 Å². The number of nitrogens with one attached hydrogen (secondary N) is 1. The number of aromatic nitrogens is 6. The molecule has 1 aliphatic carbocycles. The van der Waals surface area contributed by atoms with Gasteiger partial charge in [0.05, 0.1) is 30.3 Å². The molecule has 12 heteroatoms. The number of aromatic amines is 1. The second kappa shape index (κ2) is 12.9. The number of hydrogen-bond donors (Lipinski definition) is 1. The second-order valence-electron chi connectivity index (χ2n) is 10.6. The van der Waals surface area contributed by atoms with Crippen molar-refractivity contribution < 1.29 is 28.5 Å². The zero-order chi connectivity index (χ0) is 30.5. The van der Waals surface area contributed by atoms with E-state index in [1.54, 1.807) is 18.2 Å². The molecule has 226 valence electrons. The first-order valence-corrected chi connectivity index (χ1v) is 14.5. The lowest BCUT2D eigenvalue weighted by molar-refractivity contribution is -0.0914. The monoisotopic (exact) mass is 596 g/mol. The number of benzene rings is 3. The smallest absolute Gasteiger partial charge is 0.468 e. The highest BCUT2D eigenvalue weighted by Crippen LogP contribution is 2.31. The van der Waals surface area contributed by atoms with Crippen molar-refractivity contribution in [3.05, 3.63) is 77.9 Å². The minimum Gasteiger partial charge on any atom is -0.468 e. The molecule has 2 aromatic heterocycles. The Morgan fingerprint density at radius 3 is 2.45 bits per heavy atom. The van der Waals surface area contributed by atoms with Crippen molar-refractivity contribution in [2.24, 2.45) is 0 Å². The largest absolute Gasteiger partial charge is 0.511 e. The highest BCUT2D eigenvalue weighted by Gasteiger charge is 2.25. The first-order chi connectivity index (χ1) is 21.5. The fourth-order valence-electron chi connectivity index (χ4n) is 5.53. The summed E-state index contributed by atoms with van der Waals surface area (Å²) < 4.78 is 23.5. The molecule has 0 amide bonds. The summed E-state index contributed by atoms with van der Waals surface area (Å²) >= 11 is 0. The molecule has 0 radical (unpaired) electrons. The molecule has 0 saturated heterocycles. The van der Waals surface area contributed by atoms with Gasteiger partial charge in [-0.05, 0) is 59.7 Å². The lowest BCUT2D eigenvalue weighted by Gasteiger charge is -2.22. The van der Waals surface area contributed by atoms with Gasteiger partial charge in [0, 0.05) is 12.5 Å². The summed E-state index contributed by atoms with van der Waals surface area (Å²) in [6, 6.07) is 21.4. The molecule has 5 aromatic rings. The van der Waals surface area contributed by atoms with Gasteiger partial charge in [0.15, 0.2) is 0 Å². The van der Waals surface area contributed by atoms with Crippen molar-refractivity contribution in [3.63, 3.8) is 0 Å². The Morgan fingerprint density at radius 1 is 0.955 bits per heavy atom. The number of para-hydroxylation sites is 1. The van der Waals surface area contributed by atoms with E-state index >= 15 is 0 Å². The highest BCUT2D eigenvalue weighted by molar-refractivity contribution is 6.02. The number of carbonyl (C=O) groups is 2. The third kappa shape index (κ3) is 6.24. The SMILES string of the molecule is COc1nc2cccc(C(=O)O[C@@H](C)OC(=O)OC3CCCCC3)c2n1Cc1ccc(-c2ccccc2-c2nn[nH]n2)cc1. The van der Waals surface area contributed by atoms with Gasteiger partial charge in [-0.25, -0.2) is 9.59 Å². The van der Waals surface area contributed by atoms with Crippen LogP contribution >= 0.6 is 0 Å². The van der Waals surface area contributed by atoms with Crippen LogP contribution in [0.5, 0.6) is 6.01 Å². The number of methoxy groups -OCH3 is 1. The molecule has 0 aliphatic heterocycles. The van der Waals surface area contributed by atoms with E-state index in [2.05, 4.69) is 25.6 Å². The average Bonchev–Trinajstić information content (AvgIpc) is 3.70. The molecule has 1 saturated carbocycles. The Labute approximate surface area is 253 Å². The molecule has 1 fully saturated rings. The normalized spacial score (nSPS) is 14.2. The third-order valence-electron chi connectivity index (χ3n) is 7.60. The van der Waals surface area contributed by atoms with E-state index in [4.69, 9.17) is 18.9 Å². The van der Waals surface area contributed by atoms with Crippen LogP contribution in [0.4, 0.5) is 4.79 Å². The number of hydrogen-bond acceptors (Lipinski definition) is 10. The van der Waals surface area contributed by atoms with Gasteiger partial charge < -0.3 is 18.9 Å². The summed E-state index contributed by atoms with van der Waals surface area (Å²) in [5.41, 5.74) is 5.13. The standard InChI is InChI=1S/C32H32N6O6/c1-20(43-32(40)44-23-9-4-3-5-10-23)42-30(39)26-13-8-14-27-28(26)38(31(33-27)41-2)19-21-15-17-22(18-16-21)24-11-6-7-12-25(24)29-34-36-37-35-29/h6-8,11-18,20,23H,3-5,9-10,19H2,1-2H3,(H,34,35,36,37)/t20-/m1/s1. The maximum Gasteiger partial charge on any atom is 0.511 e. The quantitative estimate of drug-likeness (QED) is 0.161. The summed E-state index contributed by atoms with van der Waals surface area (Å²) in [5, 5.41) is 14.4. The van der Waals surface area contributed by atoms with Gasteiger partial charge in [-0.15, -0.1) is 10.2 Å². The molecule has 6 rings (SSSR count). The molecule has 44 heavy (non-hydrogen) atoms. The fourth-order valence-corrected chi connectivity index (χ4v) is 5.53. The second-order valence-corrected chi connectivity index (χ2v) is 10.6. The van der Waals surface area contributed by atoms with E-state index in [1.165, 1.54) is 14.0 Å². The number of fused-ring (bicyclic) bond motifs is 1. The fraction of sp³-hybridized carbons (Fsp3) is 0.312.